The van der Waals surface area contributed by atoms with Gasteiger partial charge in [-0.25, -0.2) is 9.78 Å². The molecule has 0 aliphatic rings. The summed E-state index contributed by atoms with van der Waals surface area (Å²) in [6.07, 6.45) is 0. The average Bonchev–Trinajstić information content (AvgIpc) is 3.13. The van der Waals surface area contributed by atoms with Crippen LogP contribution in [0, 0.1) is 0 Å². The Morgan fingerprint density at radius 3 is 2.48 bits per heavy atom. The molecule has 0 unspecified atom stereocenters. The zero-order valence-corrected chi connectivity index (χ0v) is 15.6. The molecule has 1 aromatic heterocycles. The molecule has 2 aromatic carbocycles. The molecular weight excluding hydrogens is 366 g/mol. The van der Waals surface area contributed by atoms with Crippen molar-refractivity contribution in [3.05, 3.63) is 59.1 Å². The second-order valence-corrected chi connectivity index (χ2v) is 6.82. The highest BCUT2D eigenvalue weighted by molar-refractivity contribution is 7.16. The number of ether oxygens (including phenoxy) is 1. The van der Waals surface area contributed by atoms with E-state index < -0.39 is 18.5 Å². The topological polar surface area (TPSA) is 88.6 Å². The van der Waals surface area contributed by atoms with Gasteiger partial charge in [-0.15, -0.1) is 11.3 Å². The lowest BCUT2D eigenvalue weighted by Crippen LogP contribution is -2.22. The number of carbonyl (C=O) groups excluding carboxylic acids is 3. The average molecular weight is 383 g/mol. The molecule has 0 saturated carbocycles. The van der Waals surface area contributed by atoms with Gasteiger partial charge in [-0.2, -0.15) is 0 Å². The minimum atomic E-state index is -0.577. The quantitative estimate of drug-likeness (QED) is 0.685. The van der Waals surface area contributed by atoms with E-state index in [4.69, 9.17) is 4.74 Å². The Balaban J connectivity index is 1.54. The monoisotopic (exact) mass is 383 g/mol. The van der Waals surface area contributed by atoms with E-state index in [1.54, 1.807) is 62.1 Å². The minimum absolute atomic E-state index is 0.125. The highest BCUT2D eigenvalue weighted by atomic mass is 32.1. The summed E-state index contributed by atoms with van der Waals surface area (Å²) in [4.78, 5) is 41.5. The molecule has 0 bridgehead atoms. The van der Waals surface area contributed by atoms with Crippen molar-refractivity contribution in [3.63, 3.8) is 0 Å². The van der Waals surface area contributed by atoms with Crippen LogP contribution in [0.5, 0.6) is 0 Å². The molecule has 0 spiro atoms. The lowest BCUT2D eigenvalue weighted by atomic mass is 10.2. The standard InChI is InChI=1S/C19H17N3O4S/c1-22(2)18(24)12-3-6-14(7-4-12)21-17(23)10-26-19(25)13-5-8-15-16(9-13)27-11-20-15/h3-9,11H,10H2,1-2H3,(H,21,23). The Kier molecular flexibility index (Phi) is 5.46. The smallest absolute Gasteiger partial charge is 0.338 e. The Hall–Kier alpha value is -3.26. The third-order valence-corrected chi connectivity index (χ3v) is 4.51. The molecule has 27 heavy (non-hydrogen) atoms. The first-order valence-corrected chi connectivity index (χ1v) is 8.94. The molecule has 0 aliphatic heterocycles. The van der Waals surface area contributed by atoms with Crippen LogP contribution in [-0.4, -0.2) is 48.4 Å². The first kappa shape index (κ1) is 18.5. The van der Waals surface area contributed by atoms with Crippen LogP contribution in [0.2, 0.25) is 0 Å². The van der Waals surface area contributed by atoms with Crippen LogP contribution in [0.25, 0.3) is 10.2 Å². The van der Waals surface area contributed by atoms with Crippen molar-refractivity contribution in [1.29, 1.82) is 0 Å². The van der Waals surface area contributed by atoms with Crippen LogP contribution < -0.4 is 5.32 Å². The van der Waals surface area contributed by atoms with E-state index >= 15 is 0 Å². The van der Waals surface area contributed by atoms with E-state index in [1.807, 2.05) is 0 Å². The van der Waals surface area contributed by atoms with Crippen molar-refractivity contribution in [2.45, 2.75) is 0 Å². The van der Waals surface area contributed by atoms with Gasteiger partial charge in [-0.05, 0) is 42.5 Å². The molecule has 1 N–H and O–H groups in total. The van der Waals surface area contributed by atoms with Crippen molar-refractivity contribution in [1.82, 2.24) is 9.88 Å². The Labute approximate surface area is 159 Å². The number of anilines is 1. The van der Waals surface area contributed by atoms with Crippen molar-refractivity contribution in [2.24, 2.45) is 0 Å². The number of nitrogens with zero attached hydrogens (tertiary/aromatic N) is 2. The molecule has 0 fully saturated rings. The molecule has 0 saturated heterocycles. The number of rotatable bonds is 5. The van der Waals surface area contributed by atoms with E-state index in [-0.39, 0.29) is 5.91 Å². The number of aromatic nitrogens is 1. The molecule has 7 nitrogen and oxygen atoms in total. The predicted molar refractivity (Wildman–Crippen MR) is 103 cm³/mol. The number of amides is 2. The molecule has 0 atom stereocenters. The molecule has 8 heteroatoms. The van der Waals surface area contributed by atoms with Gasteiger partial charge >= 0.3 is 5.97 Å². The van der Waals surface area contributed by atoms with Gasteiger partial charge in [0.25, 0.3) is 11.8 Å². The Morgan fingerprint density at radius 1 is 1.07 bits per heavy atom. The SMILES string of the molecule is CN(C)C(=O)c1ccc(NC(=O)COC(=O)c2ccc3ncsc3c2)cc1. The third-order valence-electron chi connectivity index (χ3n) is 3.72. The van der Waals surface area contributed by atoms with Gasteiger partial charge in [0.1, 0.15) is 0 Å². The van der Waals surface area contributed by atoms with Gasteiger partial charge in [-0.3, -0.25) is 9.59 Å². The van der Waals surface area contributed by atoms with E-state index in [1.165, 1.54) is 16.2 Å². The highest BCUT2D eigenvalue weighted by Gasteiger charge is 2.12. The van der Waals surface area contributed by atoms with Crippen LogP contribution >= 0.6 is 11.3 Å². The van der Waals surface area contributed by atoms with Crippen molar-refractivity contribution in [3.8, 4) is 0 Å². The number of hydrogen-bond donors (Lipinski definition) is 1. The first-order valence-electron chi connectivity index (χ1n) is 8.06. The number of hydrogen-bond acceptors (Lipinski definition) is 6. The second-order valence-electron chi connectivity index (χ2n) is 5.94. The fourth-order valence-corrected chi connectivity index (χ4v) is 3.06. The third kappa shape index (κ3) is 4.48. The summed E-state index contributed by atoms with van der Waals surface area (Å²) in [6.45, 7) is -0.405. The molecule has 138 valence electrons. The summed E-state index contributed by atoms with van der Waals surface area (Å²) >= 11 is 1.42. The van der Waals surface area contributed by atoms with Crippen LogP contribution in [0.4, 0.5) is 5.69 Å². The fourth-order valence-electron chi connectivity index (χ4n) is 2.35. The number of thiazole rings is 1. The molecule has 0 radical (unpaired) electrons. The lowest BCUT2D eigenvalue weighted by molar-refractivity contribution is -0.119. The number of esters is 1. The molecule has 2 amide bonds. The zero-order chi connectivity index (χ0) is 19.4. The van der Waals surface area contributed by atoms with E-state index in [0.29, 0.717) is 16.8 Å². The summed E-state index contributed by atoms with van der Waals surface area (Å²) in [6, 6.07) is 11.5. The van der Waals surface area contributed by atoms with E-state index in [0.717, 1.165) is 10.2 Å². The molecule has 0 aliphatic carbocycles. The maximum absolute atomic E-state index is 12.1. The summed E-state index contributed by atoms with van der Waals surface area (Å²) in [5.74, 6) is -1.17. The number of carbonyl (C=O) groups is 3. The Bertz CT molecular complexity index is 996. The number of benzene rings is 2. The van der Waals surface area contributed by atoms with Gasteiger partial charge < -0.3 is 15.0 Å². The zero-order valence-electron chi connectivity index (χ0n) is 14.8. The van der Waals surface area contributed by atoms with Crippen LogP contribution in [0.1, 0.15) is 20.7 Å². The van der Waals surface area contributed by atoms with Crippen molar-refractivity contribution in [2.75, 3.05) is 26.0 Å². The van der Waals surface area contributed by atoms with Gasteiger partial charge in [0, 0.05) is 25.3 Å². The van der Waals surface area contributed by atoms with E-state index in [9.17, 15) is 14.4 Å². The summed E-state index contributed by atoms with van der Waals surface area (Å²) in [5.41, 5.74) is 3.90. The minimum Gasteiger partial charge on any atom is -0.452 e. The van der Waals surface area contributed by atoms with Crippen molar-refractivity contribution < 1.29 is 19.1 Å². The van der Waals surface area contributed by atoms with Crippen LogP contribution in [0.3, 0.4) is 0 Å². The van der Waals surface area contributed by atoms with Gasteiger partial charge in [0.05, 0.1) is 21.3 Å². The van der Waals surface area contributed by atoms with Crippen molar-refractivity contribution >= 4 is 45.0 Å². The molecular formula is C19H17N3O4S. The summed E-state index contributed by atoms with van der Waals surface area (Å²) in [7, 11) is 3.33. The van der Waals surface area contributed by atoms with Gasteiger partial charge in [0.2, 0.25) is 0 Å². The normalized spacial score (nSPS) is 10.4. The second kappa shape index (κ2) is 7.96. The molecule has 1 heterocycles. The Morgan fingerprint density at radius 2 is 1.78 bits per heavy atom. The van der Waals surface area contributed by atoms with E-state index in [2.05, 4.69) is 10.3 Å². The maximum Gasteiger partial charge on any atom is 0.338 e. The molecule has 3 rings (SSSR count). The lowest BCUT2D eigenvalue weighted by Gasteiger charge is -2.11. The fraction of sp³-hybridized carbons (Fsp3) is 0.158. The molecule has 3 aromatic rings. The summed E-state index contributed by atoms with van der Waals surface area (Å²) < 4.78 is 5.93. The maximum atomic E-state index is 12.1. The highest BCUT2D eigenvalue weighted by Crippen LogP contribution is 2.19. The summed E-state index contributed by atoms with van der Waals surface area (Å²) in [5, 5.41) is 2.62. The van der Waals surface area contributed by atoms with Gasteiger partial charge in [-0.1, -0.05) is 0 Å². The van der Waals surface area contributed by atoms with Crippen LogP contribution in [0.15, 0.2) is 48.0 Å². The first-order chi connectivity index (χ1) is 12.9. The number of nitrogens with one attached hydrogen (secondary N) is 1. The van der Waals surface area contributed by atoms with Crippen LogP contribution in [-0.2, 0) is 9.53 Å². The number of fused-ring (bicyclic) bond motifs is 1. The largest absolute Gasteiger partial charge is 0.452 e. The predicted octanol–water partition coefficient (Wildman–Crippen LogP) is 2.79. The van der Waals surface area contributed by atoms with Gasteiger partial charge in [0.15, 0.2) is 6.61 Å².